The van der Waals surface area contributed by atoms with Crippen LogP contribution in [0.15, 0.2) is 0 Å². The first-order valence-corrected chi connectivity index (χ1v) is 7.34. The first kappa shape index (κ1) is 12.4. The lowest BCUT2D eigenvalue weighted by Crippen LogP contribution is -2.44. The molecule has 4 unspecified atom stereocenters. The molecule has 4 atom stereocenters. The van der Waals surface area contributed by atoms with E-state index < -0.39 is 5.97 Å². The smallest absolute Gasteiger partial charge is 0.321 e. The number of nitrogens with zero attached hydrogens (tertiary/aromatic N) is 1. The van der Waals surface area contributed by atoms with Gasteiger partial charge in [0.2, 0.25) is 0 Å². The maximum atomic E-state index is 11.5. The maximum absolute atomic E-state index is 11.5. The van der Waals surface area contributed by atoms with E-state index in [0.29, 0.717) is 11.8 Å². The largest absolute Gasteiger partial charge is 0.480 e. The third-order valence-corrected chi connectivity index (χ3v) is 4.95. The number of carboxylic acids is 1. The van der Waals surface area contributed by atoms with E-state index in [1.807, 2.05) is 0 Å². The first-order chi connectivity index (χ1) is 8.75. The molecule has 0 aromatic rings. The van der Waals surface area contributed by atoms with Crippen molar-refractivity contribution >= 4 is 5.97 Å². The van der Waals surface area contributed by atoms with Crippen molar-refractivity contribution in [3.8, 4) is 0 Å². The van der Waals surface area contributed by atoms with Crippen molar-refractivity contribution in [3.05, 3.63) is 0 Å². The zero-order chi connectivity index (χ0) is 12.5. The van der Waals surface area contributed by atoms with Crippen LogP contribution in [0, 0.1) is 11.8 Å². The summed E-state index contributed by atoms with van der Waals surface area (Å²) in [5, 5.41) is 9.48. The van der Waals surface area contributed by atoms with E-state index >= 15 is 0 Å². The van der Waals surface area contributed by atoms with E-state index in [1.165, 1.54) is 19.3 Å². The number of carbonyl (C=O) groups is 1. The van der Waals surface area contributed by atoms with Crippen LogP contribution in [-0.2, 0) is 9.53 Å². The molecule has 1 aliphatic carbocycles. The second kappa shape index (κ2) is 5.17. The van der Waals surface area contributed by atoms with Gasteiger partial charge in [0.15, 0.2) is 0 Å². The van der Waals surface area contributed by atoms with Gasteiger partial charge in [-0.25, -0.2) is 0 Å². The summed E-state index contributed by atoms with van der Waals surface area (Å²) in [5.41, 5.74) is 0. The molecule has 1 N–H and O–H groups in total. The molecule has 0 radical (unpaired) electrons. The summed E-state index contributed by atoms with van der Waals surface area (Å²) < 4.78 is 5.76. The number of hydrogen-bond donors (Lipinski definition) is 1. The Balaban J connectivity index is 1.65. The van der Waals surface area contributed by atoms with Crippen molar-refractivity contribution < 1.29 is 14.6 Å². The molecule has 0 spiro atoms. The second-order valence-electron chi connectivity index (χ2n) is 6.08. The molecular weight excluding hydrogens is 230 g/mol. The summed E-state index contributed by atoms with van der Waals surface area (Å²) in [6.07, 6.45) is 7.28. The fourth-order valence-corrected chi connectivity index (χ4v) is 4.13. The summed E-state index contributed by atoms with van der Waals surface area (Å²) in [4.78, 5) is 13.7. The molecule has 0 aromatic carbocycles. The van der Waals surface area contributed by atoms with Gasteiger partial charge in [0.05, 0.1) is 6.10 Å². The number of hydrogen-bond acceptors (Lipinski definition) is 3. The molecule has 2 saturated heterocycles. The Morgan fingerprint density at radius 3 is 2.83 bits per heavy atom. The zero-order valence-corrected chi connectivity index (χ0v) is 10.9. The molecule has 0 amide bonds. The Morgan fingerprint density at radius 2 is 2.11 bits per heavy atom. The average molecular weight is 253 g/mol. The van der Waals surface area contributed by atoms with Gasteiger partial charge in [-0.2, -0.15) is 0 Å². The molecule has 102 valence electrons. The highest BCUT2D eigenvalue weighted by Crippen LogP contribution is 2.42. The normalized spacial score (nSPS) is 40.9. The minimum atomic E-state index is -0.625. The molecule has 0 aromatic heterocycles. The van der Waals surface area contributed by atoms with Gasteiger partial charge in [0.25, 0.3) is 0 Å². The minimum Gasteiger partial charge on any atom is -0.480 e. The molecule has 3 aliphatic rings. The van der Waals surface area contributed by atoms with Crippen LogP contribution in [-0.4, -0.2) is 47.8 Å². The molecular formula is C14H23NO3. The molecule has 4 nitrogen and oxygen atoms in total. The first-order valence-electron chi connectivity index (χ1n) is 7.34. The topological polar surface area (TPSA) is 49.8 Å². The number of aliphatic carboxylic acids is 1. The SMILES string of the molecule is O=C(O)C1C2CCCC2CN1CC1CCCCO1. The Bertz CT molecular complexity index is 314. The van der Waals surface area contributed by atoms with Crippen LogP contribution in [0.3, 0.4) is 0 Å². The lowest BCUT2D eigenvalue weighted by Gasteiger charge is -2.30. The maximum Gasteiger partial charge on any atom is 0.321 e. The third-order valence-electron chi connectivity index (χ3n) is 4.95. The highest BCUT2D eigenvalue weighted by atomic mass is 16.5. The van der Waals surface area contributed by atoms with Gasteiger partial charge in [-0.15, -0.1) is 0 Å². The Morgan fingerprint density at radius 1 is 1.22 bits per heavy atom. The molecule has 1 saturated carbocycles. The van der Waals surface area contributed by atoms with Crippen LogP contribution in [0.4, 0.5) is 0 Å². The predicted molar refractivity (Wildman–Crippen MR) is 67.4 cm³/mol. The van der Waals surface area contributed by atoms with Crippen molar-refractivity contribution in [2.24, 2.45) is 11.8 Å². The van der Waals surface area contributed by atoms with Crippen LogP contribution < -0.4 is 0 Å². The van der Waals surface area contributed by atoms with Gasteiger partial charge in [0, 0.05) is 19.7 Å². The monoisotopic (exact) mass is 253 g/mol. The van der Waals surface area contributed by atoms with Crippen LogP contribution in [0.5, 0.6) is 0 Å². The van der Waals surface area contributed by atoms with Crippen LogP contribution in [0.2, 0.25) is 0 Å². The number of carboxylic acid groups (broad SMARTS) is 1. The molecule has 2 aliphatic heterocycles. The van der Waals surface area contributed by atoms with Crippen LogP contribution >= 0.6 is 0 Å². The van der Waals surface area contributed by atoms with Gasteiger partial charge in [-0.05, 0) is 43.9 Å². The molecule has 18 heavy (non-hydrogen) atoms. The number of fused-ring (bicyclic) bond motifs is 1. The van der Waals surface area contributed by atoms with Crippen molar-refractivity contribution in [1.29, 1.82) is 0 Å². The van der Waals surface area contributed by atoms with Gasteiger partial charge in [0.1, 0.15) is 6.04 Å². The highest BCUT2D eigenvalue weighted by Gasteiger charge is 2.48. The third kappa shape index (κ3) is 2.28. The summed E-state index contributed by atoms with van der Waals surface area (Å²) in [7, 11) is 0. The summed E-state index contributed by atoms with van der Waals surface area (Å²) in [5.74, 6) is 0.390. The summed E-state index contributed by atoms with van der Waals surface area (Å²) >= 11 is 0. The predicted octanol–water partition coefficient (Wildman–Crippen LogP) is 1.74. The average Bonchev–Trinajstić information content (AvgIpc) is 2.89. The lowest BCUT2D eigenvalue weighted by atomic mass is 9.94. The number of rotatable bonds is 3. The standard InChI is InChI=1S/C14H23NO3/c16-14(17)13-12-6-3-4-10(12)8-15(13)9-11-5-1-2-7-18-11/h10-13H,1-9H2,(H,16,17). The Kier molecular flexibility index (Phi) is 3.57. The van der Waals surface area contributed by atoms with E-state index in [0.717, 1.165) is 39.0 Å². The van der Waals surface area contributed by atoms with Crippen molar-refractivity contribution in [2.75, 3.05) is 19.7 Å². The van der Waals surface area contributed by atoms with Gasteiger partial charge >= 0.3 is 5.97 Å². The molecule has 2 heterocycles. The Labute approximate surface area is 108 Å². The fourth-order valence-electron chi connectivity index (χ4n) is 4.13. The summed E-state index contributed by atoms with van der Waals surface area (Å²) in [6.45, 7) is 2.65. The molecule has 0 bridgehead atoms. The Hall–Kier alpha value is -0.610. The van der Waals surface area contributed by atoms with Crippen molar-refractivity contribution in [2.45, 2.75) is 50.7 Å². The number of ether oxygens (including phenoxy) is 1. The summed E-state index contributed by atoms with van der Waals surface area (Å²) in [6, 6.07) is -0.247. The van der Waals surface area contributed by atoms with Crippen LogP contribution in [0.1, 0.15) is 38.5 Å². The molecule has 4 heteroatoms. The van der Waals surface area contributed by atoms with E-state index in [2.05, 4.69) is 4.90 Å². The fraction of sp³-hybridized carbons (Fsp3) is 0.929. The zero-order valence-electron chi connectivity index (χ0n) is 10.9. The number of likely N-dealkylation sites (tertiary alicyclic amines) is 1. The van der Waals surface area contributed by atoms with E-state index in [4.69, 9.17) is 4.74 Å². The van der Waals surface area contributed by atoms with Gasteiger partial charge in [-0.3, -0.25) is 9.69 Å². The van der Waals surface area contributed by atoms with Crippen LogP contribution in [0.25, 0.3) is 0 Å². The highest BCUT2D eigenvalue weighted by molar-refractivity contribution is 5.74. The van der Waals surface area contributed by atoms with E-state index in [9.17, 15) is 9.90 Å². The van der Waals surface area contributed by atoms with E-state index in [-0.39, 0.29) is 12.1 Å². The molecule has 3 rings (SSSR count). The quantitative estimate of drug-likeness (QED) is 0.832. The molecule has 3 fully saturated rings. The lowest BCUT2D eigenvalue weighted by molar-refractivity contribution is -0.144. The minimum absolute atomic E-state index is 0.247. The van der Waals surface area contributed by atoms with Gasteiger partial charge < -0.3 is 9.84 Å². The second-order valence-corrected chi connectivity index (χ2v) is 6.08. The van der Waals surface area contributed by atoms with Crippen molar-refractivity contribution in [1.82, 2.24) is 4.90 Å². The van der Waals surface area contributed by atoms with Crippen molar-refractivity contribution in [3.63, 3.8) is 0 Å². The van der Waals surface area contributed by atoms with Gasteiger partial charge in [-0.1, -0.05) is 6.42 Å². The van der Waals surface area contributed by atoms with E-state index in [1.54, 1.807) is 0 Å².